The Morgan fingerprint density at radius 2 is 1.76 bits per heavy atom. The SMILES string of the molecule is C[C@H](c1ccc(O)c2[nH]c(=O)ccc12)C(O)NCCCCCCOCC(F)(F)c1ccccc1. The number of alkyl halides is 2. The van der Waals surface area contributed by atoms with Crippen LogP contribution < -0.4 is 10.9 Å². The van der Waals surface area contributed by atoms with Gasteiger partial charge in [-0.05, 0) is 37.1 Å². The molecule has 0 amide bonds. The highest BCUT2D eigenvalue weighted by atomic mass is 19.3. The van der Waals surface area contributed by atoms with Crippen LogP contribution in [0.4, 0.5) is 8.78 Å². The zero-order valence-electron chi connectivity index (χ0n) is 19.3. The number of hydrogen-bond donors (Lipinski definition) is 4. The molecule has 0 bridgehead atoms. The molecule has 0 aliphatic heterocycles. The molecule has 3 rings (SSSR count). The van der Waals surface area contributed by atoms with Crippen LogP contribution in [-0.2, 0) is 10.7 Å². The second-order valence-electron chi connectivity index (χ2n) is 8.51. The lowest BCUT2D eigenvalue weighted by Crippen LogP contribution is -2.34. The quantitative estimate of drug-likeness (QED) is 0.214. The van der Waals surface area contributed by atoms with Gasteiger partial charge in [0.15, 0.2) is 0 Å². The Hall–Kier alpha value is -2.81. The Morgan fingerprint density at radius 1 is 1.03 bits per heavy atom. The number of H-pyrrole nitrogens is 1. The largest absolute Gasteiger partial charge is 0.506 e. The summed E-state index contributed by atoms with van der Waals surface area (Å²) >= 11 is 0. The summed E-state index contributed by atoms with van der Waals surface area (Å²) in [7, 11) is 0. The maximum atomic E-state index is 14.0. The van der Waals surface area contributed by atoms with Gasteiger partial charge in [0, 0.05) is 29.5 Å². The minimum absolute atomic E-state index is 0.0149. The number of unbranched alkanes of at least 4 members (excludes halogenated alkanes) is 3. The van der Waals surface area contributed by atoms with E-state index in [1.807, 2.05) is 6.92 Å². The summed E-state index contributed by atoms with van der Waals surface area (Å²) in [6, 6.07) is 14.0. The minimum Gasteiger partial charge on any atom is -0.506 e. The Balaban J connectivity index is 1.34. The molecular weight excluding hydrogens is 442 g/mol. The number of ether oxygens (including phenoxy) is 1. The average Bonchev–Trinajstić information content (AvgIpc) is 2.83. The third-order valence-corrected chi connectivity index (χ3v) is 5.92. The van der Waals surface area contributed by atoms with Gasteiger partial charge in [0.1, 0.15) is 18.6 Å². The highest BCUT2D eigenvalue weighted by Gasteiger charge is 2.31. The first-order chi connectivity index (χ1) is 16.3. The van der Waals surface area contributed by atoms with E-state index in [1.165, 1.54) is 24.3 Å². The maximum Gasteiger partial charge on any atom is 0.296 e. The fourth-order valence-electron chi connectivity index (χ4n) is 3.90. The summed E-state index contributed by atoms with van der Waals surface area (Å²) < 4.78 is 33.3. The number of fused-ring (bicyclic) bond motifs is 1. The van der Waals surface area contributed by atoms with Gasteiger partial charge >= 0.3 is 0 Å². The molecule has 8 heteroatoms. The third-order valence-electron chi connectivity index (χ3n) is 5.92. The van der Waals surface area contributed by atoms with Crippen molar-refractivity contribution in [3.63, 3.8) is 0 Å². The summed E-state index contributed by atoms with van der Waals surface area (Å²) in [5.41, 5.74) is 0.824. The van der Waals surface area contributed by atoms with Crippen molar-refractivity contribution in [3.05, 3.63) is 76.1 Å². The van der Waals surface area contributed by atoms with Gasteiger partial charge in [0.2, 0.25) is 5.56 Å². The van der Waals surface area contributed by atoms with E-state index in [0.717, 1.165) is 24.8 Å². The van der Waals surface area contributed by atoms with Gasteiger partial charge in [0.25, 0.3) is 5.92 Å². The molecule has 0 saturated carbocycles. The molecule has 0 aliphatic carbocycles. The molecule has 1 heterocycles. The number of aromatic amines is 1. The van der Waals surface area contributed by atoms with E-state index in [0.29, 0.717) is 23.9 Å². The molecule has 6 nitrogen and oxygen atoms in total. The predicted octanol–water partition coefficient (Wildman–Crippen LogP) is 4.61. The first kappa shape index (κ1) is 25.8. The Morgan fingerprint density at radius 3 is 2.53 bits per heavy atom. The molecule has 0 radical (unpaired) electrons. The van der Waals surface area contributed by atoms with Crippen LogP contribution in [0.1, 0.15) is 49.7 Å². The summed E-state index contributed by atoms with van der Waals surface area (Å²) in [5, 5.41) is 24.4. The van der Waals surface area contributed by atoms with E-state index < -0.39 is 18.8 Å². The zero-order valence-corrected chi connectivity index (χ0v) is 19.3. The van der Waals surface area contributed by atoms with Gasteiger partial charge in [-0.15, -0.1) is 0 Å². The van der Waals surface area contributed by atoms with Crippen LogP contribution >= 0.6 is 0 Å². The van der Waals surface area contributed by atoms with Crippen LogP contribution in [0.5, 0.6) is 5.75 Å². The van der Waals surface area contributed by atoms with E-state index in [4.69, 9.17) is 4.74 Å². The number of phenolic OH excluding ortho intramolecular Hbond substituents is 1. The van der Waals surface area contributed by atoms with Crippen LogP contribution in [0.2, 0.25) is 0 Å². The Kier molecular flexibility index (Phi) is 9.15. The number of nitrogens with one attached hydrogen (secondary N) is 2. The lowest BCUT2D eigenvalue weighted by atomic mass is 9.94. The summed E-state index contributed by atoms with van der Waals surface area (Å²) in [6.45, 7) is 2.14. The molecule has 0 spiro atoms. The number of benzene rings is 2. The highest BCUT2D eigenvalue weighted by Crippen LogP contribution is 2.31. The fourth-order valence-corrected chi connectivity index (χ4v) is 3.90. The van der Waals surface area contributed by atoms with Gasteiger partial charge < -0.3 is 19.9 Å². The topological polar surface area (TPSA) is 94.6 Å². The molecule has 2 aromatic carbocycles. The van der Waals surface area contributed by atoms with E-state index >= 15 is 0 Å². The van der Waals surface area contributed by atoms with Crippen molar-refractivity contribution in [2.24, 2.45) is 0 Å². The van der Waals surface area contributed by atoms with E-state index in [2.05, 4.69) is 10.3 Å². The summed E-state index contributed by atoms with van der Waals surface area (Å²) in [4.78, 5) is 14.2. The van der Waals surface area contributed by atoms with Gasteiger partial charge in [-0.2, -0.15) is 8.78 Å². The molecule has 1 aromatic heterocycles. The van der Waals surface area contributed by atoms with Gasteiger partial charge in [-0.25, -0.2) is 0 Å². The second-order valence-corrected chi connectivity index (χ2v) is 8.51. The maximum absolute atomic E-state index is 14.0. The third kappa shape index (κ3) is 6.85. The van der Waals surface area contributed by atoms with Gasteiger partial charge in [-0.3, -0.25) is 10.1 Å². The highest BCUT2D eigenvalue weighted by molar-refractivity contribution is 5.87. The Bertz CT molecular complexity index is 1100. The number of rotatable bonds is 13. The molecule has 34 heavy (non-hydrogen) atoms. The van der Waals surface area contributed by atoms with Crippen LogP contribution in [0.25, 0.3) is 10.9 Å². The monoisotopic (exact) mass is 474 g/mol. The van der Waals surface area contributed by atoms with Crippen molar-refractivity contribution in [3.8, 4) is 5.75 Å². The normalized spacial score (nSPS) is 13.8. The number of aliphatic hydroxyl groups excluding tert-OH is 1. The lowest BCUT2D eigenvalue weighted by molar-refractivity contribution is -0.0831. The molecule has 0 fully saturated rings. The molecule has 1 unspecified atom stereocenters. The van der Waals surface area contributed by atoms with Crippen molar-refractivity contribution in [2.45, 2.75) is 50.7 Å². The summed E-state index contributed by atoms with van der Waals surface area (Å²) in [6.07, 6.45) is 2.45. The second kappa shape index (κ2) is 12.1. The van der Waals surface area contributed by atoms with Crippen LogP contribution in [-0.4, -0.2) is 41.2 Å². The summed E-state index contributed by atoms with van der Waals surface area (Å²) in [5.74, 6) is -3.27. The van der Waals surface area contributed by atoms with Crippen molar-refractivity contribution in [1.82, 2.24) is 10.3 Å². The van der Waals surface area contributed by atoms with Crippen LogP contribution in [0, 0.1) is 0 Å². The average molecular weight is 475 g/mol. The molecule has 3 aromatic rings. The predicted molar refractivity (Wildman–Crippen MR) is 128 cm³/mol. The number of hydrogen-bond acceptors (Lipinski definition) is 5. The number of aromatic nitrogens is 1. The molecule has 0 aliphatic rings. The van der Waals surface area contributed by atoms with E-state index in [9.17, 15) is 23.8 Å². The van der Waals surface area contributed by atoms with E-state index in [1.54, 1.807) is 30.3 Å². The van der Waals surface area contributed by atoms with Gasteiger partial charge in [-0.1, -0.05) is 56.2 Å². The number of aromatic hydroxyl groups is 1. The first-order valence-corrected chi connectivity index (χ1v) is 11.6. The fraction of sp³-hybridized carbons (Fsp3) is 0.423. The molecular formula is C26H32F2N2O4. The van der Waals surface area contributed by atoms with Gasteiger partial charge in [0.05, 0.1) is 5.52 Å². The van der Waals surface area contributed by atoms with Crippen molar-refractivity contribution < 1.29 is 23.7 Å². The number of pyridine rings is 1. The molecule has 4 N–H and O–H groups in total. The number of aliphatic hydroxyl groups is 1. The van der Waals surface area contributed by atoms with Crippen molar-refractivity contribution >= 4 is 10.9 Å². The first-order valence-electron chi connectivity index (χ1n) is 11.6. The number of phenols is 1. The van der Waals surface area contributed by atoms with Crippen molar-refractivity contribution in [1.29, 1.82) is 0 Å². The molecule has 0 saturated heterocycles. The number of halogens is 2. The van der Waals surface area contributed by atoms with Crippen molar-refractivity contribution in [2.75, 3.05) is 19.8 Å². The minimum atomic E-state index is -2.99. The zero-order chi connectivity index (χ0) is 24.6. The van der Waals surface area contributed by atoms with Crippen LogP contribution in [0.15, 0.2) is 59.4 Å². The Labute approximate surface area is 197 Å². The standard InChI is InChI=1S/C26H32F2N2O4/c1-18(20-11-13-22(31)24-21(20)12-14-23(32)30-24)25(33)29-15-7-2-3-8-16-34-17-26(27,28)19-9-5-4-6-10-19/h4-6,9-14,18,25,29,31,33H,2-3,7-8,15-17H2,1H3,(H,30,32)/t18-,25?/m1/s1. The molecule has 2 atom stereocenters. The smallest absolute Gasteiger partial charge is 0.296 e. The van der Waals surface area contributed by atoms with Crippen LogP contribution in [0.3, 0.4) is 0 Å². The van der Waals surface area contributed by atoms with E-state index in [-0.39, 0.29) is 29.4 Å². The molecule has 184 valence electrons. The lowest BCUT2D eigenvalue weighted by Gasteiger charge is -2.22.